The first-order valence-electron chi connectivity index (χ1n) is 11.7. The van der Waals surface area contributed by atoms with Crippen molar-refractivity contribution in [1.82, 2.24) is 23.8 Å². The van der Waals surface area contributed by atoms with Crippen LogP contribution in [0.4, 0.5) is 4.39 Å². The second-order valence-corrected chi connectivity index (χ2v) is 8.83. The number of hydrogen-bond acceptors (Lipinski definition) is 4. The summed E-state index contributed by atoms with van der Waals surface area (Å²) in [6.45, 7) is 1.10. The maximum Gasteiger partial charge on any atom is 0.274 e. The largest absolute Gasteiger partial charge is 0.332 e. The number of hydrogen-bond donors (Lipinski definition) is 0. The Balaban J connectivity index is 1.42. The highest BCUT2D eigenvalue weighted by Crippen LogP contribution is 2.26. The summed E-state index contributed by atoms with van der Waals surface area (Å²) >= 11 is 0. The van der Waals surface area contributed by atoms with Gasteiger partial charge in [-0.25, -0.2) is 9.37 Å². The number of pyridine rings is 3. The number of nitrogens with zero attached hydrogens (tertiary/aromatic N) is 5. The van der Waals surface area contributed by atoms with Gasteiger partial charge in [0.2, 0.25) is 0 Å². The Morgan fingerprint density at radius 3 is 2.61 bits per heavy atom. The number of benzene rings is 1. The molecule has 7 nitrogen and oxygen atoms in total. The van der Waals surface area contributed by atoms with Crippen molar-refractivity contribution in [3.8, 4) is 11.1 Å². The fourth-order valence-electron chi connectivity index (χ4n) is 4.80. The Kier molecular flexibility index (Phi) is 5.41. The van der Waals surface area contributed by atoms with E-state index in [-0.39, 0.29) is 22.6 Å². The lowest BCUT2D eigenvalue weighted by molar-refractivity contribution is 0.0727. The lowest BCUT2D eigenvalue weighted by atomic mass is 9.98. The maximum absolute atomic E-state index is 14.7. The fourth-order valence-corrected chi connectivity index (χ4v) is 4.80. The molecular weight excluding hydrogens is 457 g/mol. The molecular formula is C28H22FN5O2. The highest BCUT2D eigenvalue weighted by molar-refractivity contribution is 5.93. The molecule has 1 aromatic carbocycles. The normalized spacial score (nSPS) is 13.1. The first-order valence-corrected chi connectivity index (χ1v) is 11.7. The molecule has 0 bridgehead atoms. The Morgan fingerprint density at radius 2 is 1.81 bits per heavy atom. The van der Waals surface area contributed by atoms with Crippen molar-refractivity contribution >= 4 is 11.6 Å². The molecule has 0 atom stereocenters. The van der Waals surface area contributed by atoms with Crippen molar-refractivity contribution in [3.63, 3.8) is 0 Å². The van der Waals surface area contributed by atoms with Crippen LogP contribution in [-0.2, 0) is 19.5 Å². The number of fused-ring (bicyclic) bond motifs is 2. The van der Waals surface area contributed by atoms with Crippen LogP contribution in [0.2, 0.25) is 0 Å². The second kappa shape index (κ2) is 8.88. The molecule has 0 N–H and O–H groups in total. The molecule has 178 valence electrons. The average molecular weight is 480 g/mol. The van der Waals surface area contributed by atoms with E-state index < -0.39 is 5.82 Å². The van der Waals surface area contributed by atoms with Crippen LogP contribution < -0.4 is 5.56 Å². The minimum absolute atomic E-state index is 0.177. The Hall–Kier alpha value is -4.59. The van der Waals surface area contributed by atoms with Crippen LogP contribution in [0.1, 0.15) is 27.3 Å². The zero-order valence-corrected chi connectivity index (χ0v) is 19.3. The molecule has 5 heterocycles. The number of carbonyl (C=O) groups excluding carboxylic acids is 1. The summed E-state index contributed by atoms with van der Waals surface area (Å²) in [4.78, 5) is 37.2. The molecule has 4 aromatic heterocycles. The predicted molar refractivity (Wildman–Crippen MR) is 133 cm³/mol. The summed E-state index contributed by atoms with van der Waals surface area (Å²) in [5.74, 6) is -0.637. The zero-order valence-electron chi connectivity index (χ0n) is 19.3. The van der Waals surface area contributed by atoms with E-state index in [2.05, 4.69) is 9.97 Å². The van der Waals surface area contributed by atoms with Crippen molar-refractivity contribution < 1.29 is 9.18 Å². The van der Waals surface area contributed by atoms with Crippen molar-refractivity contribution in [2.24, 2.45) is 0 Å². The molecule has 0 saturated carbocycles. The molecule has 0 spiro atoms. The molecule has 0 saturated heterocycles. The number of halogens is 1. The van der Waals surface area contributed by atoms with Gasteiger partial charge in [0.05, 0.1) is 12.1 Å². The fraction of sp³-hybridized carbons (Fsp3) is 0.143. The maximum atomic E-state index is 14.7. The van der Waals surface area contributed by atoms with Gasteiger partial charge in [0.1, 0.15) is 17.2 Å². The summed E-state index contributed by atoms with van der Waals surface area (Å²) in [6, 6.07) is 17.3. The van der Waals surface area contributed by atoms with Crippen LogP contribution >= 0.6 is 0 Å². The molecule has 1 amide bonds. The summed E-state index contributed by atoms with van der Waals surface area (Å²) in [5.41, 5.74) is 3.94. The van der Waals surface area contributed by atoms with E-state index in [1.54, 1.807) is 52.3 Å². The molecule has 5 aromatic rings. The summed E-state index contributed by atoms with van der Waals surface area (Å²) in [6.07, 6.45) is 7.45. The van der Waals surface area contributed by atoms with E-state index in [9.17, 15) is 14.0 Å². The SMILES string of the molecule is O=C(c1cn2ccccc2n1)N1CCc2c(cc(-c3ccccc3F)c(=O)n2Cc2ccncc2)C1. The number of carbonyl (C=O) groups is 1. The number of aromatic nitrogens is 4. The molecule has 0 unspecified atom stereocenters. The van der Waals surface area contributed by atoms with Crippen molar-refractivity contribution in [2.45, 2.75) is 19.5 Å². The first kappa shape index (κ1) is 21.9. The van der Waals surface area contributed by atoms with E-state index in [1.165, 1.54) is 6.07 Å². The van der Waals surface area contributed by atoms with E-state index in [1.807, 2.05) is 40.9 Å². The van der Waals surface area contributed by atoms with Crippen molar-refractivity contribution in [3.05, 3.63) is 124 Å². The predicted octanol–water partition coefficient (Wildman–Crippen LogP) is 3.94. The van der Waals surface area contributed by atoms with Crippen LogP contribution in [0.15, 0.2) is 90.2 Å². The van der Waals surface area contributed by atoms with Crippen LogP contribution in [0.3, 0.4) is 0 Å². The summed E-state index contributed by atoms with van der Waals surface area (Å²) < 4.78 is 18.3. The van der Waals surface area contributed by atoms with Gasteiger partial charge in [0, 0.05) is 55.6 Å². The van der Waals surface area contributed by atoms with Gasteiger partial charge < -0.3 is 13.9 Å². The Morgan fingerprint density at radius 1 is 1.00 bits per heavy atom. The number of imidazole rings is 1. The highest BCUT2D eigenvalue weighted by Gasteiger charge is 2.27. The lowest BCUT2D eigenvalue weighted by Crippen LogP contribution is -2.39. The Bertz CT molecular complexity index is 1630. The average Bonchev–Trinajstić information content (AvgIpc) is 3.35. The standard InChI is InChI=1S/C28H22FN5O2/c29-23-6-2-1-5-21(23)22-15-20-17-33(28(36)24-18-32-13-4-3-7-26(32)31-24)14-10-25(20)34(27(22)35)16-19-8-11-30-12-9-19/h1-9,11-13,15,18H,10,14,16-17H2. The van der Waals surface area contributed by atoms with Crippen molar-refractivity contribution in [2.75, 3.05) is 6.54 Å². The molecule has 6 rings (SSSR count). The van der Waals surface area contributed by atoms with E-state index in [0.717, 1.165) is 16.8 Å². The Labute approximate surface area is 206 Å². The van der Waals surface area contributed by atoms with Crippen LogP contribution in [-0.4, -0.2) is 36.3 Å². The minimum atomic E-state index is -0.460. The summed E-state index contributed by atoms with van der Waals surface area (Å²) in [5, 5.41) is 0. The van der Waals surface area contributed by atoms with Crippen LogP contribution in [0.25, 0.3) is 16.8 Å². The monoisotopic (exact) mass is 479 g/mol. The van der Waals surface area contributed by atoms with Gasteiger partial charge in [0.15, 0.2) is 0 Å². The first-order chi connectivity index (χ1) is 17.6. The molecule has 8 heteroatoms. The van der Waals surface area contributed by atoms with Crippen LogP contribution in [0.5, 0.6) is 0 Å². The van der Waals surface area contributed by atoms with Crippen molar-refractivity contribution in [1.29, 1.82) is 0 Å². The second-order valence-electron chi connectivity index (χ2n) is 8.83. The summed E-state index contributed by atoms with van der Waals surface area (Å²) in [7, 11) is 0. The minimum Gasteiger partial charge on any atom is -0.332 e. The van der Waals surface area contributed by atoms with E-state index >= 15 is 0 Å². The molecule has 0 radical (unpaired) electrons. The van der Waals surface area contributed by atoms with Gasteiger partial charge in [-0.2, -0.15) is 0 Å². The smallest absolute Gasteiger partial charge is 0.274 e. The van der Waals surface area contributed by atoms with Gasteiger partial charge in [0.25, 0.3) is 11.5 Å². The third kappa shape index (κ3) is 3.86. The van der Waals surface area contributed by atoms with Gasteiger partial charge in [-0.15, -0.1) is 0 Å². The van der Waals surface area contributed by atoms with Crippen LogP contribution in [0, 0.1) is 5.82 Å². The van der Waals surface area contributed by atoms with Gasteiger partial charge >= 0.3 is 0 Å². The third-order valence-corrected chi connectivity index (χ3v) is 6.59. The molecule has 0 fully saturated rings. The lowest BCUT2D eigenvalue weighted by Gasteiger charge is -2.31. The van der Waals surface area contributed by atoms with E-state index in [0.29, 0.717) is 37.4 Å². The molecule has 36 heavy (non-hydrogen) atoms. The van der Waals surface area contributed by atoms with E-state index in [4.69, 9.17) is 0 Å². The van der Waals surface area contributed by atoms with Gasteiger partial charge in [-0.1, -0.05) is 24.3 Å². The van der Waals surface area contributed by atoms with Gasteiger partial charge in [-0.3, -0.25) is 14.6 Å². The topological polar surface area (TPSA) is 72.5 Å². The molecule has 1 aliphatic heterocycles. The zero-order chi connectivity index (χ0) is 24.6. The highest BCUT2D eigenvalue weighted by atomic mass is 19.1. The molecule has 1 aliphatic rings. The van der Waals surface area contributed by atoms with Gasteiger partial charge in [-0.05, 0) is 47.5 Å². The molecule has 0 aliphatic carbocycles. The third-order valence-electron chi connectivity index (χ3n) is 6.59. The quantitative estimate of drug-likeness (QED) is 0.391. The number of rotatable bonds is 4. The number of amides is 1.